The average Bonchev–Trinajstić information content (AvgIpc) is 3.34. The maximum atomic E-state index is 12.5. The van der Waals surface area contributed by atoms with Crippen molar-refractivity contribution in [3.05, 3.63) is 51.9 Å². The first-order valence-electron chi connectivity index (χ1n) is 9.39. The minimum Gasteiger partial charge on any atom is -0.484 e. The van der Waals surface area contributed by atoms with E-state index in [0.29, 0.717) is 22.8 Å². The van der Waals surface area contributed by atoms with Crippen LogP contribution >= 0.6 is 11.3 Å². The van der Waals surface area contributed by atoms with E-state index in [1.54, 1.807) is 35.6 Å². The van der Waals surface area contributed by atoms with Gasteiger partial charge < -0.3 is 19.3 Å². The topological polar surface area (TPSA) is 59.1 Å². The first kappa shape index (κ1) is 18.7. The molecule has 2 aliphatic rings. The number of nitrogens with zero attached hydrogens (tertiary/aromatic N) is 2. The van der Waals surface area contributed by atoms with Gasteiger partial charge in [-0.3, -0.25) is 9.59 Å². The fraction of sp³-hybridized carbons (Fsp3) is 0.333. The number of carbonyl (C=O) groups excluding carboxylic acids is 2. The van der Waals surface area contributed by atoms with Crippen LogP contribution in [-0.2, 0) is 4.79 Å². The lowest BCUT2D eigenvalue weighted by molar-refractivity contribution is -0.135. The van der Waals surface area contributed by atoms with Crippen molar-refractivity contribution in [2.45, 2.75) is 6.92 Å². The van der Waals surface area contributed by atoms with E-state index in [2.05, 4.69) is 11.8 Å². The molecule has 2 aliphatic heterocycles. The van der Waals surface area contributed by atoms with E-state index < -0.39 is 0 Å². The molecule has 0 N–H and O–H groups in total. The van der Waals surface area contributed by atoms with Crippen LogP contribution in [0.25, 0.3) is 6.08 Å². The van der Waals surface area contributed by atoms with Crippen molar-refractivity contribution >= 4 is 29.1 Å². The van der Waals surface area contributed by atoms with Crippen molar-refractivity contribution < 1.29 is 19.1 Å². The van der Waals surface area contributed by atoms with E-state index in [1.807, 2.05) is 22.4 Å². The summed E-state index contributed by atoms with van der Waals surface area (Å²) in [4.78, 5) is 29.9. The van der Waals surface area contributed by atoms with Crippen molar-refractivity contribution in [2.24, 2.45) is 0 Å². The van der Waals surface area contributed by atoms with Crippen LogP contribution in [0, 0.1) is 0 Å². The van der Waals surface area contributed by atoms with Gasteiger partial charge >= 0.3 is 0 Å². The van der Waals surface area contributed by atoms with Crippen LogP contribution in [0.1, 0.15) is 22.2 Å². The Labute approximate surface area is 168 Å². The Morgan fingerprint density at radius 3 is 2.79 bits per heavy atom. The second kappa shape index (κ2) is 8.16. The average molecular weight is 398 g/mol. The highest BCUT2D eigenvalue weighted by Gasteiger charge is 2.28. The maximum Gasteiger partial charge on any atom is 0.260 e. The summed E-state index contributed by atoms with van der Waals surface area (Å²) >= 11 is 1.54. The number of allylic oxidation sites excluding steroid dienone is 1. The molecule has 0 spiro atoms. The second-order valence-corrected chi connectivity index (χ2v) is 7.70. The third-order valence-corrected chi connectivity index (χ3v) is 5.81. The number of benzene rings is 1. The Morgan fingerprint density at radius 1 is 1.25 bits per heavy atom. The molecule has 1 aromatic heterocycles. The maximum absolute atomic E-state index is 12.5. The summed E-state index contributed by atoms with van der Waals surface area (Å²) in [6, 6.07) is 8.92. The molecule has 0 atom stereocenters. The van der Waals surface area contributed by atoms with Gasteiger partial charge in [0.2, 0.25) is 5.78 Å². The summed E-state index contributed by atoms with van der Waals surface area (Å²) in [5, 5.41) is 1.95. The van der Waals surface area contributed by atoms with Gasteiger partial charge in [-0.15, -0.1) is 11.3 Å². The Morgan fingerprint density at radius 2 is 2.07 bits per heavy atom. The largest absolute Gasteiger partial charge is 0.484 e. The fourth-order valence-corrected chi connectivity index (χ4v) is 3.96. The third-order valence-electron chi connectivity index (χ3n) is 4.99. The SMILES string of the molecule is CCN1CCN(C(=O)COc2ccc3c(c2)OC(=Cc2cccs2)C3=O)CC1. The van der Waals surface area contributed by atoms with E-state index in [1.165, 1.54) is 0 Å². The minimum atomic E-state index is -0.139. The van der Waals surface area contributed by atoms with Gasteiger partial charge in [-0.05, 0) is 30.1 Å². The molecule has 28 heavy (non-hydrogen) atoms. The van der Waals surface area contributed by atoms with Crippen molar-refractivity contribution in [2.75, 3.05) is 39.3 Å². The highest BCUT2D eigenvalue weighted by atomic mass is 32.1. The lowest BCUT2D eigenvalue weighted by Crippen LogP contribution is -2.49. The van der Waals surface area contributed by atoms with Crippen LogP contribution in [0.3, 0.4) is 0 Å². The molecule has 1 fully saturated rings. The van der Waals surface area contributed by atoms with Crippen LogP contribution in [0.5, 0.6) is 11.5 Å². The highest BCUT2D eigenvalue weighted by Crippen LogP contribution is 2.35. The number of ketones is 1. The van der Waals surface area contributed by atoms with Crippen LogP contribution in [0.2, 0.25) is 0 Å². The number of fused-ring (bicyclic) bond motifs is 1. The van der Waals surface area contributed by atoms with E-state index in [9.17, 15) is 9.59 Å². The zero-order valence-electron chi connectivity index (χ0n) is 15.7. The summed E-state index contributed by atoms with van der Waals surface area (Å²) in [6.45, 7) is 6.38. The summed E-state index contributed by atoms with van der Waals surface area (Å²) < 4.78 is 11.4. The molecule has 146 valence electrons. The Kier molecular flexibility index (Phi) is 5.45. The number of piperazine rings is 1. The van der Waals surface area contributed by atoms with Gasteiger partial charge in [-0.1, -0.05) is 13.0 Å². The molecule has 6 nitrogen and oxygen atoms in total. The van der Waals surface area contributed by atoms with Gasteiger partial charge in [0.1, 0.15) is 11.5 Å². The van der Waals surface area contributed by atoms with Crippen molar-refractivity contribution in [3.63, 3.8) is 0 Å². The molecule has 0 unspecified atom stereocenters. The van der Waals surface area contributed by atoms with E-state index in [0.717, 1.165) is 37.6 Å². The molecule has 3 heterocycles. The van der Waals surface area contributed by atoms with Gasteiger partial charge in [-0.25, -0.2) is 0 Å². The molecular formula is C21H22N2O4S. The summed E-state index contributed by atoms with van der Waals surface area (Å²) in [5.41, 5.74) is 0.511. The number of ether oxygens (including phenoxy) is 2. The predicted octanol–water partition coefficient (Wildman–Crippen LogP) is 2.91. The number of Topliss-reactive ketones (excluding diaryl/α,β-unsaturated/α-hetero) is 1. The van der Waals surface area contributed by atoms with Crippen LogP contribution in [0.4, 0.5) is 0 Å². The summed E-state index contributed by atoms with van der Waals surface area (Å²) in [6.07, 6.45) is 1.74. The van der Waals surface area contributed by atoms with Gasteiger partial charge in [-0.2, -0.15) is 0 Å². The van der Waals surface area contributed by atoms with Gasteiger partial charge in [0, 0.05) is 43.2 Å². The van der Waals surface area contributed by atoms with Crippen molar-refractivity contribution in [1.29, 1.82) is 0 Å². The van der Waals surface area contributed by atoms with Crippen molar-refractivity contribution in [3.8, 4) is 11.5 Å². The lowest BCUT2D eigenvalue weighted by atomic mass is 10.1. The van der Waals surface area contributed by atoms with E-state index in [4.69, 9.17) is 9.47 Å². The minimum absolute atomic E-state index is 0.0171. The zero-order valence-corrected chi connectivity index (χ0v) is 16.5. The summed E-state index contributed by atoms with van der Waals surface area (Å²) in [7, 11) is 0. The molecule has 1 amide bonds. The van der Waals surface area contributed by atoms with E-state index >= 15 is 0 Å². The van der Waals surface area contributed by atoms with Crippen LogP contribution in [-0.4, -0.2) is 60.8 Å². The van der Waals surface area contributed by atoms with Crippen molar-refractivity contribution in [1.82, 2.24) is 9.80 Å². The number of amides is 1. The van der Waals surface area contributed by atoms with Gasteiger partial charge in [0.25, 0.3) is 5.91 Å². The fourth-order valence-electron chi connectivity index (χ4n) is 3.31. The smallest absolute Gasteiger partial charge is 0.260 e. The molecule has 0 aliphatic carbocycles. The molecule has 0 saturated carbocycles. The molecule has 7 heteroatoms. The summed E-state index contributed by atoms with van der Waals surface area (Å²) in [5.74, 6) is 1.13. The lowest BCUT2D eigenvalue weighted by Gasteiger charge is -2.33. The Balaban J connectivity index is 1.37. The Hall–Kier alpha value is -2.64. The molecule has 0 bridgehead atoms. The second-order valence-electron chi connectivity index (χ2n) is 6.72. The van der Waals surface area contributed by atoms with Gasteiger partial charge in [0.05, 0.1) is 5.56 Å². The third kappa shape index (κ3) is 3.95. The molecule has 1 saturated heterocycles. The van der Waals surface area contributed by atoms with Crippen LogP contribution < -0.4 is 9.47 Å². The number of hydrogen-bond donors (Lipinski definition) is 0. The molecular weight excluding hydrogens is 376 g/mol. The predicted molar refractivity (Wildman–Crippen MR) is 108 cm³/mol. The molecule has 4 rings (SSSR count). The number of thiophene rings is 1. The molecule has 1 aromatic carbocycles. The number of hydrogen-bond acceptors (Lipinski definition) is 6. The Bertz CT molecular complexity index is 899. The zero-order chi connectivity index (χ0) is 19.5. The number of carbonyl (C=O) groups is 2. The number of rotatable bonds is 5. The standard InChI is InChI=1S/C21H22N2O4S/c1-2-22-7-9-23(10-8-22)20(24)14-26-15-5-6-17-18(12-15)27-19(21(17)25)13-16-4-3-11-28-16/h3-6,11-13H,2,7-10,14H2,1H3. The molecule has 2 aromatic rings. The number of likely N-dealkylation sites (N-methyl/N-ethyl adjacent to an activating group) is 1. The van der Waals surface area contributed by atoms with Gasteiger partial charge in [0.15, 0.2) is 12.4 Å². The quantitative estimate of drug-likeness (QED) is 0.725. The highest BCUT2D eigenvalue weighted by molar-refractivity contribution is 7.10. The van der Waals surface area contributed by atoms with Crippen LogP contribution in [0.15, 0.2) is 41.5 Å². The monoisotopic (exact) mass is 398 g/mol. The van der Waals surface area contributed by atoms with E-state index in [-0.39, 0.29) is 18.3 Å². The first-order valence-corrected chi connectivity index (χ1v) is 10.3. The first-order chi connectivity index (χ1) is 13.6. The normalized spacial score (nSPS) is 18.2. The molecule has 0 radical (unpaired) electrons.